The first kappa shape index (κ1) is 11.3. The Bertz CT molecular complexity index is 522. The smallest absolute Gasteiger partial charge is 0.150 e. The van der Waals surface area contributed by atoms with Gasteiger partial charge in [-0.05, 0) is 17.2 Å². The summed E-state index contributed by atoms with van der Waals surface area (Å²) in [5, 5.41) is 0. The van der Waals surface area contributed by atoms with E-state index < -0.39 is 0 Å². The van der Waals surface area contributed by atoms with E-state index in [2.05, 4.69) is 18.2 Å². The molecular weight excluding hydrogens is 224 g/mol. The van der Waals surface area contributed by atoms with Crippen LogP contribution in [0.3, 0.4) is 0 Å². The molecule has 3 rings (SSSR count). The third kappa shape index (κ3) is 2.00. The zero-order valence-corrected chi connectivity index (χ0v) is 10.4. The third-order valence-electron chi connectivity index (χ3n) is 3.42. The summed E-state index contributed by atoms with van der Waals surface area (Å²) in [5.41, 5.74) is 2.38. The standard InChI is InChI=1S/C16H16O2/c1-17-15-11-13-9-5-6-10-14(13)18-16(15)12-7-3-2-4-8-12/h2-10,15-16H,11H2,1H3. The molecule has 2 aromatic rings. The van der Waals surface area contributed by atoms with E-state index in [1.807, 2.05) is 36.4 Å². The lowest BCUT2D eigenvalue weighted by Gasteiger charge is -2.33. The molecule has 92 valence electrons. The van der Waals surface area contributed by atoms with E-state index >= 15 is 0 Å². The molecule has 0 saturated heterocycles. The largest absolute Gasteiger partial charge is 0.483 e. The predicted octanol–water partition coefficient (Wildman–Crippen LogP) is 3.38. The Hall–Kier alpha value is -1.80. The number of hydrogen-bond acceptors (Lipinski definition) is 2. The van der Waals surface area contributed by atoms with Gasteiger partial charge < -0.3 is 9.47 Å². The molecule has 2 atom stereocenters. The molecule has 0 fully saturated rings. The number of fused-ring (bicyclic) bond motifs is 1. The minimum Gasteiger partial charge on any atom is -0.483 e. The molecule has 2 unspecified atom stereocenters. The second kappa shape index (κ2) is 4.83. The van der Waals surface area contributed by atoms with E-state index in [-0.39, 0.29) is 12.2 Å². The molecule has 1 aliphatic heterocycles. The molecule has 1 aliphatic rings. The van der Waals surface area contributed by atoms with Crippen molar-refractivity contribution in [2.45, 2.75) is 18.6 Å². The summed E-state index contributed by atoms with van der Waals surface area (Å²) in [5.74, 6) is 0.972. The molecule has 0 bridgehead atoms. The average molecular weight is 240 g/mol. The highest BCUT2D eigenvalue weighted by Gasteiger charge is 2.30. The fourth-order valence-electron chi connectivity index (χ4n) is 2.46. The van der Waals surface area contributed by atoms with Crippen molar-refractivity contribution >= 4 is 0 Å². The van der Waals surface area contributed by atoms with Gasteiger partial charge in [-0.2, -0.15) is 0 Å². The Kier molecular flexibility index (Phi) is 3.03. The van der Waals surface area contributed by atoms with Gasteiger partial charge in [0.05, 0.1) is 0 Å². The van der Waals surface area contributed by atoms with Crippen LogP contribution in [0.25, 0.3) is 0 Å². The molecule has 18 heavy (non-hydrogen) atoms. The van der Waals surface area contributed by atoms with Crippen LogP contribution < -0.4 is 4.74 Å². The first-order chi connectivity index (χ1) is 8.88. The van der Waals surface area contributed by atoms with Gasteiger partial charge in [-0.25, -0.2) is 0 Å². The average Bonchev–Trinajstić information content (AvgIpc) is 2.46. The van der Waals surface area contributed by atoms with Gasteiger partial charge in [-0.3, -0.25) is 0 Å². The second-order valence-electron chi connectivity index (χ2n) is 4.54. The van der Waals surface area contributed by atoms with E-state index in [1.54, 1.807) is 7.11 Å². The fourth-order valence-corrected chi connectivity index (χ4v) is 2.46. The highest BCUT2D eigenvalue weighted by atomic mass is 16.5. The van der Waals surface area contributed by atoms with Crippen molar-refractivity contribution in [1.82, 2.24) is 0 Å². The monoisotopic (exact) mass is 240 g/mol. The maximum absolute atomic E-state index is 6.10. The molecule has 0 radical (unpaired) electrons. The van der Waals surface area contributed by atoms with E-state index in [0.717, 1.165) is 12.2 Å². The molecular formula is C16H16O2. The molecule has 0 aliphatic carbocycles. The molecule has 0 amide bonds. The van der Waals surface area contributed by atoms with Gasteiger partial charge in [0.15, 0.2) is 6.10 Å². The minimum atomic E-state index is -0.0221. The number of hydrogen-bond donors (Lipinski definition) is 0. The normalized spacial score (nSPS) is 22.1. The lowest BCUT2D eigenvalue weighted by atomic mass is 9.95. The van der Waals surface area contributed by atoms with Crippen molar-refractivity contribution < 1.29 is 9.47 Å². The number of ether oxygens (including phenoxy) is 2. The van der Waals surface area contributed by atoms with Gasteiger partial charge in [0.25, 0.3) is 0 Å². The van der Waals surface area contributed by atoms with Gasteiger partial charge >= 0.3 is 0 Å². The van der Waals surface area contributed by atoms with Crippen LogP contribution in [0.2, 0.25) is 0 Å². The summed E-state index contributed by atoms with van der Waals surface area (Å²) in [7, 11) is 1.75. The Morgan fingerprint density at radius 3 is 2.50 bits per heavy atom. The summed E-state index contributed by atoms with van der Waals surface area (Å²) in [6.07, 6.45) is 0.945. The first-order valence-electron chi connectivity index (χ1n) is 6.21. The van der Waals surface area contributed by atoms with Crippen LogP contribution in [0.4, 0.5) is 0 Å². The maximum atomic E-state index is 6.10. The Labute approximate surface area is 107 Å². The number of para-hydroxylation sites is 1. The van der Waals surface area contributed by atoms with E-state index in [9.17, 15) is 0 Å². The summed E-state index contributed by atoms with van der Waals surface area (Å²) in [6.45, 7) is 0. The van der Waals surface area contributed by atoms with Crippen LogP contribution in [0.5, 0.6) is 5.75 Å². The highest BCUT2D eigenvalue weighted by Crippen LogP contribution is 2.35. The van der Waals surface area contributed by atoms with Gasteiger partial charge in [-0.1, -0.05) is 48.5 Å². The van der Waals surface area contributed by atoms with E-state index in [0.29, 0.717) is 0 Å². The van der Waals surface area contributed by atoms with Gasteiger partial charge in [-0.15, -0.1) is 0 Å². The summed E-state index contributed by atoms with van der Waals surface area (Å²) >= 11 is 0. The van der Waals surface area contributed by atoms with Crippen molar-refractivity contribution in [3.05, 3.63) is 65.7 Å². The lowest BCUT2D eigenvalue weighted by Crippen LogP contribution is -2.31. The van der Waals surface area contributed by atoms with Gasteiger partial charge in [0.2, 0.25) is 0 Å². The second-order valence-corrected chi connectivity index (χ2v) is 4.54. The number of benzene rings is 2. The van der Waals surface area contributed by atoms with Crippen LogP contribution in [-0.4, -0.2) is 13.2 Å². The SMILES string of the molecule is COC1Cc2ccccc2OC1c1ccccc1. The Morgan fingerprint density at radius 1 is 1.00 bits per heavy atom. The van der Waals surface area contributed by atoms with Crippen molar-refractivity contribution in [2.75, 3.05) is 7.11 Å². The van der Waals surface area contributed by atoms with Crippen molar-refractivity contribution in [3.8, 4) is 5.75 Å². The Balaban J connectivity index is 1.96. The molecule has 1 heterocycles. The van der Waals surface area contributed by atoms with E-state index in [1.165, 1.54) is 11.1 Å². The third-order valence-corrected chi connectivity index (χ3v) is 3.42. The molecule has 2 nitrogen and oxygen atoms in total. The van der Waals surface area contributed by atoms with Crippen molar-refractivity contribution in [1.29, 1.82) is 0 Å². The molecule has 0 N–H and O–H groups in total. The van der Waals surface area contributed by atoms with Crippen molar-refractivity contribution in [3.63, 3.8) is 0 Å². The quantitative estimate of drug-likeness (QED) is 0.801. The molecule has 0 saturated carbocycles. The van der Waals surface area contributed by atoms with E-state index in [4.69, 9.17) is 9.47 Å². The highest BCUT2D eigenvalue weighted by molar-refractivity contribution is 5.37. The van der Waals surface area contributed by atoms with Crippen LogP contribution >= 0.6 is 0 Å². The van der Waals surface area contributed by atoms with Crippen LogP contribution in [-0.2, 0) is 11.2 Å². The predicted molar refractivity (Wildman–Crippen MR) is 70.8 cm³/mol. The summed E-state index contributed by atoms with van der Waals surface area (Å²) in [6, 6.07) is 18.4. The zero-order chi connectivity index (χ0) is 12.4. The van der Waals surface area contributed by atoms with Crippen LogP contribution in [0.15, 0.2) is 54.6 Å². The molecule has 0 aromatic heterocycles. The Morgan fingerprint density at radius 2 is 1.72 bits per heavy atom. The topological polar surface area (TPSA) is 18.5 Å². The molecule has 2 heteroatoms. The fraction of sp³-hybridized carbons (Fsp3) is 0.250. The van der Waals surface area contributed by atoms with Gasteiger partial charge in [0.1, 0.15) is 11.9 Å². The number of methoxy groups -OCH3 is 1. The van der Waals surface area contributed by atoms with Crippen molar-refractivity contribution in [2.24, 2.45) is 0 Å². The lowest BCUT2D eigenvalue weighted by molar-refractivity contribution is -0.0113. The summed E-state index contributed by atoms with van der Waals surface area (Å²) < 4.78 is 11.7. The summed E-state index contributed by atoms with van der Waals surface area (Å²) in [4.78, 5) is 0. The zero-order valence-electron chi connectivity index (χ0n) is 10.4. The van der Waals surface area contributed by atoms with Gasteiger partial charge in [0, 0.05) is 13.5 Å². The van der Waals surface area contributed by atoms with Crippen LogP contribution in [0, 0.1) is 0 Å². The minimum absolute atomic E-state index is 0.0221. The first-order valence-corrected chi connectivity index (χ1v) is 6.21. The molecule has 0 spiro atoms. The number of rotatable bonds is 2. The molecule has 2 aromatic carbocycles. The maximum Gasteiger partial charge on any atom is 0.150 e. The van der Waals surface area contributed by atoms with Crippen LogP contribution in [0.1, 0.15) is 17.2 Å².